The second-order valence-corrected chi connectivity index (χ2v) is 4.67. The number of hydrogen-bond acceptors (Lipinski definition) is 4. The summed E-state index contributed by atoms with van der Waals surface area (Å²) < 4.78 is 5.51. The van der Waals surface area contributed by atoms with Gasteiger partial charge in [0.1, 0.15) is 0 Å². The van der Waals surface area contributed by atoms with E-state index in [1.165, 1.54) is 0 Å². The number of aliphatic hydroxyl groups excluding tert-OH is 3. The van der Waals surface area contributed by atoms with Crippen molar-refractivity contribution in [3.8, 4) is 0 Å². The minimum Gasteiger partial charge on any atom is -0.396 e. The van der Waals surface area contributed by atoms with Gasteiger partial charge in [0.2, 0.25) is 0 Å². The lowest BCUT2D eigenvalue weighted by atomic mass is 9.94. The minimum atomic E-state index is -0.570. The molecule has 0 bridgehead atoms. The molecule has 0 saturated heterocycles. The molecule has 3 N–H and O–H groups in total. The average molecular weight is 220 g/mol. The maximum absolute atomic E-state index is 9.09. The van der Waals surface area contributed by atoms with Crippen LogP contribution in [0, 0.1) is 5.41 Å². The van der Waals surface area contributed by atoms with Crippen molar-refractivity contribution in [2.45, 2.75) is 45.8 Å². The van der Waals surface area contributed by atoms with Gasteiger partial charge >= 0.3 is 0 Å². The van der Waals surface area contributed by atoms with Crippen LogP contribution in [-0.2, 0) is 4.74 Å². The Hall–Kier alpha value is -0.160. The van der Waals surface area contributed by atoms with Gasteiger partial charge in [0.25, 0.3) is 0 Å². The van der Waals surface area contributed by atoms with Gasteiger partial charge in [-0.05, 0) is 26.7 Å². The topological polar surface area (TPSA) is 69.9 Å². The molecule has 4 heteroatoms. The van der Waals surface area contributed by atoms with E-state index in [9.17, 15) is 0 Å². The van der Waals surface area contributed by atoms with Crippen LogP contribution in [0.4, 0.5) is 0 Å². The zero-order chi connectivity index (χ0) is 11.9. The predicted octanol–water partition coefficient (Wildman–Crippen LogP) is 0.543. The van der Waals surface area contributed by atoms with Crippen molar-refractivity contribution in [2.24, 2.45) is 5.41 Å². The second kappa shape index (κ2) is 7.17. The van der Waals surface area contributed by atoms with E-state index < -0.39 is 5.41 Å². The van der Waals surface area contributed by atoms with Gasteiger partial charge in [-0.1, -0.05) is 6.92 Å². The molecule has 4 nitrogen and oxygen atoms in total. The fourth-order valence-electron chi connectivity index (χ4n) is 1.04. The number of aliphatic hydroxyl groups is 3. The third-order valence-corrected chi connectivity index (χ3v) is 2.47. The highest BCUT2D eigenvalue weighted by atomic mass is 16.5. The SMILES string of the molecule is CC(O)CCC(C)OCC(C)(CO)CO. The van der Waals surface area contributed by atoms with Crippen LogP contribution in [-0.4, -0.2) is 47.3 Å². The van der Waals surface area contributed by atoms with Gasteiger partial charge in [0.15, 0.2) is 0 Å². The maximum atomic E-state index is 9.09. The molecule has 0 aromatic heterocycles. The van der Waals surface area contributed by atoms with Crippen LogP contribution >= 0.6 is 0 Å². The van der Waals surface area contributed by atoms with E-state index in [-0.39, 0.29) is 25.4 Å². The highest BCUT2D eigenvalue weighted by Gasteiger charge is 2.23. The molecule has 0 spiro atoms. The summed E-state index contributed by atoms with van der Waals surface area (Å²) >= 11 is 0. The molecule has 0 aliphatic rings. The third-order valence-electron chi connectivity index (χ3n) is 2.47. The van der Waals surface area contributed by atoms with Crippen LogP contribution in [0.5, 0.6) is 0 Å². The lowest BCUT2D eigenvalue weighted by Gasteiger charge is -2.26. The van der Waals surface area contributed by atoms with Crippen molar-refractivity contribution < 1.29 is 20.1 Å². The first-order valence-electron chi connectivity index (χ1n) is 5.45. The van der Waals surface area contributed by atoms with E-state index in [1.54, 1.807) is 13.8 Å². The molecular weight excluding hydrogens is 196 g/mol. The summed E-state index contributed by atoms with van der Waals surface area (Å²) in [4.78, 5) is 0. The second-order valence-electron chi connectivity index (χ2n) is 4.67. The highest BCUT2D eigenvalue weighted by molar-refractivity contribution is 4.71. The van der Waals surface area contributed by atoms with E-state index in [0.29, 0.717) is 13.0 Å². The summed E-state index contributed by atoms with van der Waals surface area (Å²) in [6.45, 7) is 5.60. The third kappa shape index (κ3) is 6.84. The maximum Gasteiger partial charge on any atom is 0.0567 e. The molecular formula is C11H24O4. The van der Waals surface area contributed by atoms with Crippen LogP contribution < -0.4 is 0 Å². The van der Waals surface area contributed by atoms with Gasteiger partial charge in [-0.2, -0.15) is 0 Å². The first kappa shape index (κ1) is 14.8. The Labute approximate surface area is 91.9 Å². The molecule has 0 radical (unpaired) electrons. The summed E-state index contributed by atoms with van der Waals surface area (Å²) in [5.74, 6) is 0. The summed E-state index contributed by atoms with van der Waals surface area (Å²) in [6, 6.07) is 0. The largest absolute Gasteiger partial charge is 0.396 e. The van der Waals surface area contributed by atoms with Gasteiger partial charge in [-0.3, -0.25) is 0 Å². The summed E-state index contributed by atoms with van der Waals surface area (Å²) in [6.07, 6.45) is 1.22. The van der Waals surface area contributed by atoms with Crippen LogP contribution in [0.25, 0.3) is 0 Å². The summed E-state index contributed by atoms with van der Waals surface area (Å²) in [7, 11) is 0. The number of ether oxygens (including phenoxy) is 1. The van der Waals surface area contributed by atoms with Crippen LogP contribution in [0.15, 0.2) is 0 Å². The Balaban J connectivity index is 3.73. The molecule has 0 aromatic rings. The first-order chi connectivity index (χ1) is 6.93. The molecule has 0 fully saturated rings. The Kier molecular flexibility index (Phi) is 7.09. The smallest absolute Gasteiger partial charge is 0.0567 e. The fourth-order valence-corrected chi connectivity index (χ4v) is 1.04. The predicted molar refractivity (Wildman–Crippen MR) is 58.6 cm³/mol. The molecule has 2 unspecified atom stereocenters. The zero-order valence-corrected chi connectivity index (χ0v) is 9.94. The first-order valence-corrected chi connectivity index (χ1v) is 5.45. The van der Waals surface area contributed by atoms with E-state index in [2.05, 4.69) is 0 Å². The normalized spacial score (nSPS) is 16.4. The van der Waals surface area contributed by atoms with E-state index >= 15 is 0 Å². The van der Waals surface area contributed by atoms with Crippen molar-refractivity contribution >= 4 is 0 Å². The van der Waals surface area contributed by atoms with E-state index in [4.69, 9.17) is 20.1 Å². The van der Waals surface area contributed by atoms with Crippen LogP contribution in [0.1, 0.15) is 33.6 Å². The van der Waals surface area contributed by atoms with Gasteiger partial charge in [0, 0.05) is 5.41 Å². The molecule has 0 heterocycles. The summed E-state index contributed by atoms with van der Waals surface area (Å²) in [5, 5.41) is 27.2. The molecule has 0 saturated carbocycles. The number of hydrogen-bond donors (Lipinski definition) is 3. The molecule has 0 amide bonds. The average Bonchev–Trinajstić information content (AvgIpc) is 2.23. The van der Waals surface area contributed by atoms with Crippen LogP contribution in [0.3, 0.4) is 0 Å². The Morgan fingerprint density at radius 1 is 1.13 bits per heavy atom. The lowest BCUT2D eigenvalue weighted by molar-refractivity contribution is -0.0467. The Bertz CT molecular complexity index is 155. The van der Waals surface area contributed by atoms with Crippen molar-refractivity contribution in [1.29, 1.82) is 0 Å². The van der Waals surface area contributed by atoms with Gasteiger partial charge in [-0.15, -0.1) is 0 Å². The molecule has 0 rings (SSSR count). The van der Waals surface area contributed by atoms with E-state index in [0.717, 1.165) is 6.42 Å². The van der Waals surface area contributed by atoms with Crippen LogP contribution in [0.2, 0.25) is 0 Å². The lowest BCUT2D eigenvalue weighted by Crippen LogP contribution is -2.33. The Morgan fingerprint density at radius 3 is 2.07 bits per heavy atom. The molecule has 92 valence electrons. The highest BCUT2D eigenvalue weighted by Crippen LogP contribution is 2.16. The number of rotatable bonds is 8. The van der Waals surface area contributed by atoms with Crippen molar-refractivity contribution in [1.82, 2.24) is 0 Å². The molecule has 0 aromatic carbocycles. The van der Waals surface area contributed by atoms with Crippen molar-refractivity contribution in [3.63, 3.8) is 0 Å². The molecule has 0 aliphatic heterocycles. The molecule has 15 heavy (non-hydrogen) atoms. The molecule has 2 atom stereocenters. The standard InChI is InChI=1S/C11H24O4/c1-9(14)4-5-10(2)15-8-11(3,6-12)7-13/h9-10,12-14H,4-8H2,1-3H3. The minimum absolute atomic E-state index is 0.0389. The van der Waals surface area contributed by atoms with Crippen molar-refractivity contribution in [2.75, 3.05) is 19.8 Å². The fraction of sp³-hybridized carbons (Fsp3) is 1.00. The zero-order valence-electron chi connectivity index (χ0n) is 9.94. The van der Waals surface area contributed by atoms with Gasteiger partial charge < -0.3 is 20.1 Å². The van der Waals surface area contributed by atoms with E-state index in [1.807, 2.05) is 6.92 Å². The van der Waals surface area contributed by atoms with Crippen molar-refractivity contribution in [3.05, 3.63) is 0 Å². The molecule has 0 aliphatic carbocycles. The quantitative estimate of drug-likeness (QED) is 0.558. The Morgan fingerprint density at radius 2 is 1.67 bits per heavy atom. The monoisotopic (exact) mass is 220 g/mol. The van der Waals surface area contributed by atoms with Gasteiger partial charge in [-0.25, -0.2) is 0 Å². The van der Waals surface area contributed by atoms with Gasteiger partial charge in [0.05, 0.1) is 32.0 Å². The summed E-state index contributed by atoms with van der Waals surface area (Å²) in [5.41, 5.74) is -0.570.